The number of likely N-dealkylation sites (tertiary alicyclic amines) is 1. The molecule has 1 saturated heterocycles. The molecule has 0 amide bonds. The van der Waals surface area contributed by atoms with Crippen LogP contribution in [0.5, 0.6) is 0 Å². The monoisotopic (exact) mass is 412 g/mol. The Morgan fingerprint density at radius 1 is 1.17 bits per heavy atom. The summed E-state index contributed by atoms with van der Waals surface area (Å²) in [5.41, 5.74) is 8.58. The van der Waals surface area contributed by atoms with Crippen molar-refractivity contribution >= 4 is 17.2 Å². The third-order valence-electron chi connectivity index (χ3n) is 8.98. The van der Waals surface area contributed by atoms with Gasteiger partial charge in [-0.25, -0.2) is 0 Å². The topological polar surface area (TPSA) is 29.3 Å². The smallest absolute Gasteiger partial charge is 0.0842 e. The normalized spacial score (nSPS) is 39.2. The summed E-state index contributed by atoms with van der Waals surface area (Å²) >= 11 is 6.35. The van der Waals surface area contributed by atoms with E-state index < -0.39 is 0 Å². The van der Waals surface area contributed by atoms with Crippen molar-refractivity contribution in [1.29, 1.82) is 0 Å². The van der Waals surface area contributed by atoms with Gasteiger partial charge >= 0.3 is 0 Å². The molecule has 1 heterocycles. The lowest BCUT2D eigenvalue weighted by atomic mass is 9.49. The van der Waals surface area contributed by atoms with Gasteiger partial charge in [0, 0.05) is 24.5 Å². The van der Waals surface area contributed by atoms with Crippen LogP contribution in [0.15, 0.2) is 30.3 Å². The predicted molar refractivity (Wildman–Crippen MR) is 127 cm³/mol. The fourth-order valence-electron chi connectivity index (χ4n) is 6.82. The van der Waals surface area contributed by atoms with Crippen LogP contribution in [-0.4, -0.2) is 29.0 Å². The number of hydrogen-bond acceptors (Lipinski definition) is 2. The average molecular weight is 413 g/mol. The van der Waals surface area contributed by atoms with E-state index in [1.54, 1.807) is 5.56 Å². The van der Waals surface area contributed by atoms with Gasteiger partial charge in [0.25, 0.3) is 0 Å². The molecule has 4 unspecified atom stereocenters. The first-order valence-corrected chi connectivity index (χ1v) is 12.2. The number of benzene rings is 1. The molecule has 2 nitrogen and oxygen atoms in total. The highest BCUT2D eigenvalue weighted by Gasteiger charge is 2.54. The largest absolute Gasteiger partial charge is 0.365 e. The molecular formula is C26H40N2S. The lowest BCUT2D eigenvalue weighted by Gasteiger charge is -2.58. The Labute approximate surface area is 183 Å². The molecule has 0 aromatic heterocycles. The fraction of sp³-hybridized carbons (Fsp3) is 0.731. The van der Waals surface area contributed by atoms with Crippen LogP contribution >= 0.6 is 12.2 Å². The van der Waals surface area contributed by atoms with Gasteiger partial charge in [-0.15, -0.1) is 0 Å². The van der Waals surface area contributed by atoms with Crippen LogP contribution in [0.4, 0.5) is 0 Å². The van der Waals surface area contributed by atoms with E-state index in [9.17, 15) is 0 Å². The van der Waals surface area contributed by atoms with E-state index in [0.29, 0.717) is 5.41 Å². The van der Waals surface area contributed by atoms with Crippen molar-refractivity contribution in [3.8, 4) is 0 Å². The van der Waals surface area contributed by atoms with Crippen LogP contribution < -0.4 is 5.73 Å². The van der Waals surface area contributed by atoms with E-state index in [1.165, 1.54) is 37.1 Å². The molecule has 1 aromatic rings. The van der Waals surface area contributed by atoms with Crippen LogP contribution in [0.2, 0.25) is 0 Å². The minimum absolute atomic E-state index is 0.131. The van der Waals surface area contributed by atoms with E-state index in [4.69, 9.17) is 18.0 Å². The highest BCUT2D eigenvalue weighted by molar-refractivity contribution is 7.80. The molecule has 1 aromatic carbocycles. The van der Waals surface area contributed by atoms with Crippen molar-refractivity contribution in [2.75, 3.05) is 13.1 Å². The molecule has 3 heteroatoms. The summed E-state index contributed by atoms with van der Waals surface area (Å²) in [5.74, 6) is 1.60. The molecule has 2 aliphatic carbocycles. The first kappa shape index (κ1) is 21.3. The molecule has 3 aliphatic rings. The summed E-state index contributed by atoms with van der Waals surface area (Å²) in [6, 6.07) is 11.7. The van der Waals surface area contributed by atoms with Crippen molar-refractivity contribution in [2.45, 2.75) is 84.1 Å². The van der Waals surface area contributed by atoms with Crippen LogP contribution in [0.1, 0.15) is 78.2 Å². The molecule has 4 rings (SSSR count). The molecule has 0 spiro atoms. The molecule has 0 radical (unpaired) electrons. The quantitative estimate of drug-likeness (QED) is 0.623. The second-order valence-electron chi connectivity index (χ2n) is 11.3. The summed E-state index contributed by atoms with van der Waals surface area (Å²) in [4.78, 5) is 3.80. The second-order valence-corrected chi connectivity index (χ2v) is 11.6. The average Bonchev–Trinajstić information content (AvgIpc) is 2.73. The minimum atomic E-state index is 0.131. The van der Waals surface area contributed by atoms with Crippen molar-refractivity contribution in [1.82, 2.24) is 4.90 Å². The van der Waals surface area contributed by atoms with Gasteiger partial charge in [-0.3, -0.25) is 0 Å². The Kier molecular flexibility index (Phi) is 5.61. The number of nitrogens with two attached hydrogens (primary N) is 1. The maximum atomic E-state index is 6.44. The Morgan fingerprint density at radius 3 is 2.55 bits per heavy atom. The number of hydrogen-bond donors (Lipinski definition) is 1. The van der Waals surface area contributed by atoms with Crippen LogP contribution in [0.3, 0.4) is 0 Å². The van der Waals surface area contributed by atoms with Crippen molar-refractivity contribution < 1.29 is 0 Å². The number of rotatable bonds is 3. The van der Waals surface area contributed by atoms with Gasteiger partial charge in [-0.05, 0) is 73.2 Å². The van der Waals surface area contributed by atoms with Crippen LogP contribution in [-0.2, 0) is 5.41 Å². The molecule has 2 saturated carbocycles. The summed E-state index contributed by atoms with van der Waals surface area (Å²) < 4.78 is 0. The van der Waals surface area contributed by atoms with Gasteiger partial charge in [-0.1, -0.05) is 70.2 Å². The number of fused-ring (bicyclic) bond motifs is 2. The minimum Gasteiger partial charge on any atom is -0.365 e. The summed E-state index contributed by atoms with van der Waals surface area (Å²) in [6.07, 6.45) is 8.74. The molecular weight excluding hydrogens is 372 g/mol. The molecule has 3 fully saturated rings. The first-order valence-electron chi connectivity index (χ1n) is 11.8. The van der Waals surface area contributed by atoms with Gasteiger partial charge < -0.3 is 10.6 Å². The Morgan fingerprint density at radius 2 is 1.90 bits per heavy atom. The molecule has 5 atom stereocenters. The summed E-state index contributed by atoms with van der Waals surface area (Å²) in [6.45, 7) is 11.5. The molecule has 1 aliphatic heterocycles. The van der Waals surface area contributed by atoms with Crippen LogP contribution in [0.25, 0.3) is 0 Å². The standard InChI is InChI=1S/C26H40N2S/c1-5-25(23(29)28-14-12-22(27)24(3,4)18-28)15-20-16-26(17-25,13-11-19(20)2)21-9-7-6-8-10-21/h6-10,19-20,22H,5,11-18,27H2,1-4H3/t19?,20?,22-,25?,26?/m0/s1. The highest BCUT2D eigenvalue weighted by Crippen LogP contribution is 2.60. The van der Waals surface area contributed by atoms with Crippen molar-refractivity contribution in [3.05, 3.63) is 35.9 Å². The van der Waals surface area contributed by atoms with Gasteiger partial charge in [0.15, 0.2) is 0 Å². The zero-order valence-corrected chi connectivity index (χ0v) is 19.7. The Balaban J connectivity index is 1.68. The molecule has 29 heavy (non-hydrogen) atoms. The first-order chi connectivity index (χ1) is 13.7. The summed E-state index contributed by atoms with van der Waals surface area (Å²) in [5, 5.41) is 0. The number of thiocarbonyl (C=S) groups is 1. The summed E-state index contributed by atoms with van der Waals surface area (Å²) in [7, 11) is 0. The maximum Gasteiger partial charge on any atom is 0.0842 e. The van der Waals surface area contributed by atoms with Gasteiger partial charge in [0.05, 0.1) is 4.99 Å². The van der Waals surface area contributed by atoms with Gasteiger partial charge in [0.2, 0.25) is 0 Å². The third kappa shape index (κ3) is 3.67. The van der Waals surface area contributed by atoms with Crippen molar-refractivity contribution in [3.63, 3.8) is 0 Å². The van der Waals surface area contributed by atoms with Crippen molar-refractivity contribution in [2.24, 2.45) is 28.4 Å². The second kappa shape index (κ2) is 7.64. The number of nitrogens with zero attached hydrogens (tertiary/aromatic N) is 1. The van der Waals surface area contributed by atoms with E-state index in [-0.39, 0.29) is 16.9 Å². The van der Waals surface area contributed by atoms with Crippen LogP contribution in [0, 0.1) is 22.7 Å². The highest BCUT2D eigenvalue weighted by atomic mass is 32.1. The molecule has 2 bridgehead atoms. The zero-order chi connectivity index (χ0) is 20.9. The number of piperidine rings is 1. The van der Waals surface area contributed by atoms with E-state index in [0.717, 1.165) is 37.8 Å². The molecule has 2 N–H and O–H groups in total. The van der Waals surface area contributed by atoms with E-state index in [1.807, 2.05) is 0 Å². The maximum absolute atomic E-state index is 6.44. The lowest BCUT2D eigenvalue weighted by molar-refractivity contribution is 0.0272. The third-order valence-corrected chi connectivity index (χ3v) is 9.67. The van der Waals surface area contributed by atoms with Gasteiger partial charge in [-0.2, -0.15) is 0 Å². The van der Waals surface area contributed by atoms with Gasteiger partial charge in [0.1, 0.15) is 0 Å². The van der Waals surface area contributed by atoms with E-state index >= 15 is 0 Å². The lowest BCUT2D eigenvalue weighted by Crippen LogP contribution is -2.59. The zero-order valence-electron chi connectivity index (χ0n) is 18.9. The predicted octanol–water partition coefficient (Wildman–Crippen LogP) is 5.94. The van der Waals surface area contributed by atoms with E-state index in [2.05, 4.69) is 62.9 Å². The Hall–Kier alpha value is -0.930. The Bertz CT molecular complexity index is 744. The fourth-order valence-corrected chi connectivity index (χ4v) is 7.28. The molecule has 160 valence electrons. The SMILES string of the molecule is CCC1(C(=S)N2CC[C@H](N)C(C)(C)C2)CC2CC(c3ccccc3)(CCC2C)C1.